The van der Waals surface area contributed by atoms with Gasteiger partial charge in [-0.05, 0) is 30.2 Å². The lowest BCUT2D eigenvalue weighted by Crippen LogP contribution is -2.31. The number of halogens is 1. The Kier molecular flexibility index (Phi) is 5.05. The van der Waals surface area contributed by atoms with Crippen LogP contribution in [0.4, 0.5) is 5.82 Å². The first-order valence-corrected chi connectivity index (χ1v) is 9.78. The predicted octanol–water partition coefficient (Wildman–Crippen LogP) is 3.36. The highest BCUT2D eigenvalue weighted by Crippen LogP contribution is 2.24. The van der Waals surface area contributed by atoms with E-state index in [0.29, 0.717) is 30.0 Å². The van der Waals surface area contributed by atoms with Crippen LogP contribution in [0.1, 0.15) is 35.0 Å². The largest absolute Gasteiger partial charge is 0.367 e. The fourth-order valence-corrected chi connectivity index (χ4v) is 3.63. The molecule has 0 bridgehead atoms. The van der Waals surface area contributed by atoms with Gasteiger partial charge in [-0.2, -0.15) is 0 Å². The van der Waals surface area contributed by atoms with Crippen molar-refractivity contribution in [1.82, 2.24) is 14.9 Å². The summed E-state index contributed by atoms with van der Waals surface area (Å²) >= 11 is 5.89. The van der Waals surface area contributed by atoms with E-state index in [1.54, 1.807) is 18.3 Å². The number of carbonyl (C=O) groups excluding carboxylic acids is 1. The van der Waals surface area contributed by atoms with Crippen molar-refractivity contribution in [3.63, 3.8) is 0 Å². The van der Waals surface area contributed by atoms with E-state index >= 15 is 0 Å². The third-order valence-electron chi connectivity index (χ3n) is 4.87. The summed E-state index contributed by atoms with van der Waals surface area (Å²) < 4.78 is 1.95. The van der Waals surface area contributed by atoms with Crippen molar-refractivity contribution in [2.45, 2.75) is 32.9 Å². The van der Waals surface area contributed by atoms with E-state index < -0.39 is 0 Å². The van der Waals surface area contributed by atoms with Gasteiger partial charge in [0, 0.05) is 36.5 Å². The van der Waals surface area contributed by atoms with Gasteiger partial charge >= 0.3 is 0 Å². The lowest BCUT2D eigenvalue weighted by atomic mass is 10.1. The fourth-order valence-electron chi connectivity index (χ4n) is 3.50. The van der Waals surface area contributed by atoms with Gasteiger partial charge in [-0.3, -0.25) is 9.59 Å². The number of nitrogens with zero attached hydrogens (tertiary/aromatic N) is 2. The molecule has 1 amide bonds. The van der Waals surface area contributed by atoms with Gasteiger partial charge in [-0.15, -0.1) is 0 Å². The van der Waals surface area contributed by atoms with Gasteiger partial charge in [-0.1, -0.05) is 37.1 Å². The van der Waals surface area contributed by atoms with Gasteiger partial charge in [0.1, 0.15) is 5.56 Å². The molecular formula is C21H21ClN4O2. The van der Waals surface area contributed by atoms with Crippen LogP contribution in [0.25, 0.3) is 10.9 Å². The first-order valence-electron chi connectivity index (χ1n) is 9.40. The van der Waals surface area contributed by atoms with Crippen molar-refractivity contribution in [3.05, 3.63) is 68.6 Å². The average Bonchev–Trinajstić information content (AvgIpc) is 2.70. The zero-order valence-electron chi connectivity index (χ0n) is 15.6. The number of rotatable bonds is 5. The van der Waals surface area contributed by atoms with Crippen molar-refractivity contribution in [2.75, 3.05) is 11.9 Å². The molecule has 0 saturated carbocycles. The van der Waals surface area contributed by atoms with Crippen LogP contribution in [0.3, 0.4) is 0 Å². The highest BCUT2D eigenvalue weighted by Gasteiger charge is 2.21. The molecule has 28 heavy (non-hydrogen) atoms. The molecule has 3 aromatic rings. The van der Waals surface area contributed by atoms with Crippen LogP contribution in [0.15, 0.2) is 41.3 Å². The summed E-state index contributed by atoms with van der Waals surface area (Å²) in [6.45, 7) is 3.79. The maximum atomic E-state index is 13.1. The number of hydrogen-bond acceptors (Lipinski definition) is 4. The van der Waals surface area contributed by atoms with Gasteiger partial charge in [0.15, 0.2) is 5.82 Å². The van der Waals surface area contributed by atoms with E-state index in [-0.39, 0.29) is 16.9 Å². The Hall–Kier alpha value is -2.86. The molecule has 0 spiro atoms. The number of carbonyl (C=O) groups is 1. The number of pyridine rings is 2. The standard InChI is InChI=1S/C21H21ClN4O2/c1-2-3-15-10-16-18-20(25-15)23-8-9-26(18)12-17(19(16)27)21(28)24-11-13-4-6-14(22)7-5-13/h4-7,10,12H,2-3,8-9,11H2,1H3,(H,23,25)(H,24,28). The number of aryl methyl sites for hydroxylation is 1. The molecule has 0 atom stereocenters. The molecule has 0 aliphatic carbocycles. The summed E-state index contributed by atoms with van der Waals surface area (Å²) in [5, 5.41) is 7.29. The minimum absolute atomic E-state index is 0.156. The molecule has 0 fully saturated rings. The molecular weight excluding hydrogens is 376 g/mol. The molecule has 4 rings (SSSR count). The quantitative estimate of drug-likeness (QED) is 0.693. The SMILES string of the molecule is CCCc1cc2c(=O)c(C(=O)NCc3ccc(Cl)cc3)cn3c2c(n1)NCC3. The first kappa shape index (κ1) is 18.5. The summed E-state index contributed by atoms with van der Waals surface area (Å²) in [6, 6.07) is 9.06. The van der Waals surface area contributed by atoms with Crippen LogP contribution in [0, 0.1) is 0 Å². The van der Waals surface area contributed by atoms with Crippen molar-refractivity contribution in [1.29, 1.82) is 0 Å². The third-order valence-corrected chi connectivity index (χ3v) is 5.12. The van der Waals surface area contributed by atoms with Crippen LogP contribution in [0.2, 0.25) is 5.02 Å². The highest BCUT2D eigenvalue weighted by atomic mass is 35.5. The Labute approximate surface area is 167 Å². The molecule has 2 aromatic heterocycles. The molecule has 6 nitrogen and oxygen atoms in total. The molecule has 1 aliphatic heterocycles. The van der Waals surface area contributed by atoms with Gasteiger partial charge in [0.2, 0.25) is 5.43 Å². The van der Waals surface area contributed by atoms with Gasteiger partial charge in [0.05, 0.1) is 10.9 Å². The number of hydrogen-bond donors (Lipinski definition) is 2. The summed E-state index contributed by atoms with van der Waals surface area (Å²) in [7, 11) is 0. The van der Waals surface area contributed by atoms with Crippen molar-refractivity contribution in [2.24, 2.45) is 0 Å². The highest BCUT2D eigenvalue weighted by molar-refractivity contribution is 6.30. The predicted molar refractivity (Wildman–Crippen MR) is 111 cm³/mol. The zero-order valence-corrected chi connectivity index (χ0v) is 16.3. The second kappa shape index (κ2) is 7.64. The Morgan fingerprint density at radius 2 is 2.11 bits per heavy atom. The molecule has 144 valence electrons. The Bertz CT molecular complexity index is 1110. The minimum Gasteiger partial charge on any atom is -0.367 e. The second-order valence-electron chi connectivity index (χ2n) is 6.91. The lowest BCUT2D eigenvalue weighted by Gasteiger charge is -2.22. The van der Waals surface area contributed by atoms with E-state index in [9.17, 15) is 9.59 Å². The van der Waals surface area contributed by atoms with E-state index in [4.69, 9.17) is 11.6 Å². The number of aromatic nitrogens is 2. The van der Waals surface area contributed by atoms with E-state index in [2.05, 4.69) is 22.5 Å². The van der Waals surface area contributed by atoms with Gasteiger partial charge < -0.3 is 15.2 Å². The number of benzene rings is 1. The Morgan fingerprint density at radius 1 is 1.32 bits per heavy atom. The zero-order chi connectivity index (χ0) is 19.7. The second-order valence-corrected chi connectivity index (χ2v) is 7.35. The molecule has 3 heterocycles. The molecule has 1 aliphatic rings. The van der Waals surface area contributed by atoms with E-state index in [1.165, 1.54) is 0 Å². The van der Waals surface area contributed by atoms with Crippen LogP contribution in [0.5, 0.6) is 0 Å². The maximum absolute atomic E-state index is 13.1. The Morgan fingerprint density at radius 3 is 2.86 bits per heavy atom. The summed E-state index contributed by atoms with van der Waals surface area (Å²) in [5.41, 5.74) is 2.44. The molecule has 7 heteroatoms. The van der Waals surface area contributed by atoms with Crippen LogP contribution in [-0.2, 0) is 19.5 Å². The lowest BCUT2D eigenvalue weighted by molar-refractivity contribution is 0.0949. The summed E-state index contributed by atoms with van der Waals surface area (Å²) in [5.74, 6) is 0.344. The maximum Gasteiger partial charge on any atom is 0.257 e. The van der Waals surface area contributed by atoms with E-state index in [0.717, 1.165) is 35.4 Å². The smallest absolute Gasteiger partial charge is 0.257 e. The first-order chi connectivity index (χ1) is 13.6. The van der Waals surface area contributed by atoms with Crippen LogP contribution < -0.4 is 16.1 Å². The number of anilines is 1. The topological polar surface area (TPSA) is 76.0 Å². The normalized spacial score (nSPS) is 12.6. The number of amides is 1. The average molecular weight is 397 g/mol. The van der Waals surface area contributed by atoms with Gasteiger partial charge in [-0.25, -0.2) is 4.98 Å². The molecule has 2 N–H and O–H groups in total. The van der Waals surface area contributed by atoms with Crippen molar-refractivity contribution >= 4 is 34.2 Å². The third kappa shape index (κ3) is 3.47. The number of nitrogens with one attached hydrogen (secondary N) is 2. The molecule has 1 aromatic carbocycles. The molecule has 0 saturated heterocycles. The Balaban J connectivity index is 1.71. The monoisotopic (exact) mass is 396 g/mol. The van der Waals surface area contributed by atoms with E-state index in [1.807, 2.05) is 22.8 Å². The fraction of sp³-hybridized carbons (Fsp3) is 0.286. The summed E-state index contributed by atoms with van der Waals surface area (Å²) in [4.78, 5) is 30.5. The van der Waals surface area contributed by atoms with Crippen molar-refractivity contribution < 1.29 is 4.79 Å². The van der Waals surface area contributed by atoms with Crippen LogP contribution >= 0.6 is 11.6 Å². The van der Waals surface area contributed by atoms with Crippen molar-refractivity contribution in [3.8, 4) is 0 Å². The van der Waals surface area contributed by atoms with Crippen LogP contribution in [-0.4, -0.2) is 22.0 Å². The van der Waals surface area contributed by atoms with Gasteiger partial charge in [0.25, 0.3) is 5.91 Å². The molecule has 0 unspecified atom stereocenters. The minimum atomic E-state index is -0.375. The molecule has 0 radical (unpaired) electrons. The summed E-state index contributed by atoms with van der Waals surface area (Å²) in [6.07, 6.45) is 3.37.